The van der Waals surface area contributed by atoms with Gasteiger partial charge in [-0.3, -0.25) is 9.69 Å². The number of carbonyl (C=O) groups is 1. The normalized spacial score (nSPS) is 19.0. The van der Waals surface area contributed by atoms with Crippen LogP contribution in [0.25, 0.3) is 11.1 Å². The van der Waals surface area contributed by atoms with Crippen LogP contribution in [0, 0.1) is 18.7 Å². The van der Waals surface area contributed by atoms with E-state index in [9.17, 15) is 40.6 Å². The van der Waals surface area contributed by atoms with E-state index >= 15 is 0 Å². The van der Waals surface area contributed by atoms with Crippen molar-refractivity contribution in [3.8, 4) is 11.1 Å². The molecule has 0 radical (unpaired) electrons. The second-order valence-electron chi connectivity index (χ2n) is 11.9. The zero-order valence-electron chi connectivity index (χ0n) is 24.1. The highest BCUT2D eigenvalue weighted by atomic mass is 19.4. The van der Waals surface area contributed by atoms with Gasteiger partial charge in [-0.15, -0.1) is 0 Å². The van der Waals surface area contributed by atoms with Crippen LogP contribution in [-0.4, -0.2) is 34.7 Å². The molecular weight excluding hydrogens is 575 g/mol. The molecule has 0 aliphatic carbocycles. The van der Waals surface area contributed by atoms with Crippen molar-refractivity contribution < 1.29 is 40.6 Å². The predicted octanol–water partition coefficient (Wildman–Crippen LogP) is 9.34. The average molecular weight is 610 g/mol. The summed E-state index contributed by atoms with van der Waals surface area (Å²) in [4.78, 5) is 13.4. The molecule has 1 heterocycles. The van der Waals surface area contributed by atoms with Crippen LogP contribution in [0.3, 0.4) is 0 Å². The number of hydrogen-bond donors (Lipinski definition) is 1. The summed E-state index contributed by atoms with van der Waals surface area (Å²) in [6.07, 6.45) is -9.31. The SMILES string of the molecule is Cc1ccc(-c2cc(C3CCC(C(F)(F)F)N(Cc4cc(F)cc(C(F)(F)F)c4)C3)cc(C(CC(C)C)C(=O)O)c2)cc1. The van der Waals surface area contributed by atoms with Crippen LogP contribution in [0.1, 0.15) is 72.8 Å². The number of carboxylic acid groups (broad SMARTS) is 1. The Kier molecular flexibility index (Phi) is 9.59. The van der Waals surface area contributed by atoms with E-state index in [1.54, 1.807) is 12.1 Å². The Morgan fingerprint density at radius 2 is 1.60 bits per heavy atom. The molecule has 3 atom stereocenters. The first kappa shape index (κ1) is 32.5. The number of aliphatic carboxylic acids is 1. The van der Waals surface area contributed by atoms with E-state index in [4.69, 9.17) is 0 Å². The van der Waals surface area contributed by atoms with Gasteiger partial charge in [-0.05, 0) is 84.0 Å². The summed E-state index contributed by atoms with van der Waals surface area (Å²) in [6.45, 7) is 5.07. The van der Waals surface area contributed by atoms with Gasteiger partial charge in [0.25, 0.3) is 0 Å². The molecule has 1 fully saturated rings. The molecule has 0 aromatic heterocycles. The Morgan fingerprint density at radius 3 is 2.19 bits per heavy atom. The molecule has 0 saturated carbocycles. The summed E-state index contributed by atoms with van der Waals surface area (Å²) in [5.41, 5.74) is 2.30. The van der Waals surface area contributed by atoms with Gasteiger partial charge in [0.2, 0.25) is 0 Å². The highest BCUT2D eigenvalue weighted by molar-refractivity contribution is 5.77. The molecule has 0 bridgehead atoms. The maximum Gasteiger partial charge on any atom is 0.416 e. The second kappa shape index (κ2) is 12.7. The van der Waals surface area contributed by atoms with Crippen LogP contribution >= 0.6 is 0 Å². The molecule has 1 aliphatic heterocycles. The maximum atomic E-state index is 14.1. The van der Waals surface area contributed by atoms with Gasteiger partial charge in [0.05, 0.1) is 11.5 Å². The molecule has 3 aromatic rings. The van der Waals surface area contributed by atoms with Crippen molar-refractivity contribution in [1.29, 1.82) is 0 Å². The number of alkyl halides is 6. The lowest BCUT2D eigenvalue weighted by atomic mass is 9.81. The van der Waals surface area contributed by atoms with Gasteiger partial charge in [-0.2, -0.15) is 26.3 Å². The summed E-state index contributed by atoms with van der Waals surface area (Å²) < 4.78 is 96.4. The Morgan fingerprint density at radius 1 is 0.930 bits per heavy atom. The first-order chi connectivity index (χ1) is 20.0. The van der Waals surface area contributed by atoms with Gasteiger partial charge in [0.1, 0.15) is 11.9 Å². The van der Waals surface area contributed by atoms with E-state index in [-0.39, 0.29) is 30.9 Å². The summed E-state index contributed by atoms with van der Waals surface area (Å²) in [7, 11) is 0. The van der Waals surface area contributed by atoms with E-state index in [0.29, 0.717) is 29.7 Å². The fourth-order valence-electron chi connectivity index (χ4n) is 5.88. The minimum absolute atomic E-state index is 0.0677. The average Bonchev–Trinajstić information content (AvgIpc) is 2.90. The van der Waals surface area contributed by atoms with Crippen molar-refractivity contribution in [1.82, 2.24) is 4.90 Å². The summed E-state index contributed by atoms with van der Waals surface area (Å²) >= 11 is 0. The first-order valence-electron chi connectivity index (χ1n) is 14.1. The number of nitrogens with zero attached hydrogens (tertiary/aromatic N) is 1. The van der Waals surface area contributed by atoms with Crippen molar-refractivity contribution >= 4 is 5.97 Å². The standard InChI is InChI=1S/C33H34F7NO2/c1-19(2)10-29(31(42)43)26-14-24(22-6-4-20(3)5-7-22)13-25(15-26)23-8-9-30(33(38,39)40)41(18-23)17-21-11-27(32(35,36)37)16-28(34)12-21/h4-7,11-16,19,23,29-30H,8-10,17-18H2,1-3H3,(H,42,43). The molecule has 0 amide bonds. The molecule has 4 rings (SSSR count). The Labute approximate surface area is 246 Å². The summed E-state index contributed by atoms with van der Waals surface area (Å²) in [5, 5.41) is 10.1. The fraction of sp³-hybridized carbons (Fsp3) is 0.424. The smallest absolute Gasteiger partial charge is 0.416 e. The molecule has 0 spiro atoms. The lowest BCUT2D eigenvalue weighted by molar-refractivity contribution is -0.194. The number of hydrogen-bond acceptors (Lipinski definition) is 2. The molecule has 1 aliphatic rings. The topological polar surface area (TPSA) is 40.5 Å². The Hall–Kier alpha value is -3.40. The molecule has 3 aromatic carbocycles. The van der Waals surface area contributed by atoms with Crippen LogP contribution < -0.4 is 0 Å². The van der Waals surface area contributed by atoms with E-state index < -0.39 is 54.1 Å². The minimum Gasteiger partial charge on any atom is -0.481 e. The third-order valence-electron chi connectivity index (χ3n) is 7.97. The highest BCUT2D eigenvalue weighted by Gasteiger charge is 2.46. The van der Waals surface area contributed by atoms with Gasteiger partial charge >= 0.3 is 18.3 Å². The number of piperidine rings is 1. The van der Waals surface area contributed by atoms with E-state index in [1.807, 2.05) is 51.1 Å². The molecule has 10 heteroatoms. The highest BCUT2D eigenvalue weighted by Crippen LogP contribution is 2.41. The molecule has 232 valence electrons. The number of likely N-dealkylation sites (tertiary alicyclic amines) is 1. The van der Waals surface area contributed by atoms with Crippen LogP contribution in [0.5, 0.6) is 0 Å². The first-order valence-corrected chi connectivity index (χ1v) is 14.1. The van der Waals surface area contributed by atoms with Crippen LogP contribution in [0.4, 0.5) is 30.7 Å². The third-order valence-corrected chi connectivity index (χ3v) is 7.97. The van der Waals surface area contributed by atoms with E-state index in [2.05, 4.69) is 0 Å². The molecule has 43 heavy (non-hydrogen) atoms. The van der Waals surface area contributed by atoms with Crippen molar-refractivity contribution in [3.05, 3.63) is 94.3 Å². The zero-order chi connectivity index (χ0) is 31.7. The lowest BCUT2D eigenvalue weighted by Gasteiger charge is -2.41. The predicted molar refractivity (Wildman–Crippen MR) is 150 cm³/mol. The van der Waals surface area contributed by atoms with Crippen LogP contribution in [0.15, 0.2) is 60.7 Å². The van der Waals surface area contributed by atoms with Gasteiger partial charge in [0.15, 0.2) is 0 Å². The van der Waals surface area contributed by atoms with Crippen molar-refractivity contribution in [2.45, 2.75) is 76.8 Å². The number of halogens is 7. The van der Waals surface area contributed by atoms with Crippen molar-refractivity contribution in [2.75, 3.05) is 6.54 Å². The minimum atomic E-state index is -4.85. The second-order valence-corrected chi connectivity index (χ2v) is 11.9. The largest absolute Gasteiger partial charge is 0.481 e. The van der Waals surface area contributed by atoms with Crippen molar-refractivity contribution in [3.63, 3.8) is 0 Å². The number of aryl methyl sites for hydroxylation is 1. The number of benzene rings is 3. The quantitative estimate of drug-likeness (QED) is 0.259. The summed E-state index contributed by atoms with van der Waals surface area (Å²) in [5.74, 6) is -3.41. The molecule has 1 saturated heterocycles. The van der Waals surface area contributed by atoms with Crippen molar-refractivity contribution in [2.24, 2.45) is 5.92 Å². The molecular formula is C33H34F7NO2. The third kappa shape index (κ3) is 8.16. The Bertz CT molecular complexity index is 1430. The fourth-order valence-corrected chi connectivity index (χ4v) is 5.88. The summed E-state index contributed by atoms with van der Waals surface area (Å²) in [6, 6.07) is 12.9. The maximum absolute atomic E-state index is 14.1. The van der Waals surface area contributed by atoms with Gasteiger partial charge < -0.3 is 5.11 Å². The van der Waals surface area contributed by atoms with E-state index in [0.717, 1.165) is 27.7 Å². The van der Waals surface area contributed by atoms with Gasteiger partial charge in [0, 0.05) is 13.1 Å². The number of carboxylic acids is 1. The van der Waals surface area contributed by atoms with Gasteiger partial charge in [-0.1, -0.05) is 61.9 Å². The van der Waals surface area contributed by atoms with Gasteiger partial charge in [-0.25, -0.2) is 4.39 Å². The monoisotopic (exact) mass is 609 g/mol. The lowest BCUT2D eigenvalue weighted by Crippen LogP contribution is -2.50. The molecule has 3 nitrogen and oxygen atoms in total. The molecule has 1 N–H and O–H groups in total. The van der Waals surface area contributed by atoms with E-state index in [1.165, 1.54) is 0 Å². The zero-order valence-corrected chi connectivity index (χ0v) is 24.1. The van der Waals surface area contributed by atoms with Crippen LogP contribution in [0.2, 0.25) is 0 Å². The Balaban J connectivity index is 1.75. The molecule has 3 unspecified atom stereocenters. The number of rotatable bonds is 8. The van der Waals surface area contributed by atoms with Crippen LogP contribution in [-0.2, 0) is 17.5 Å².